The number of alkyl halides is 3. The molecule has 2 nitrogen and oxygen atoms in total. The van der Waals surface area contributed by atoms with Crippen molar-refractivity contribution in [3.05, 3.63) is 76.0 Å². The zero-order chi connectivity index (χ0) is 21.6. The summed E-state index contributed by atoms with van der Waals surface area (Å²) in [5.41, 5.74) is 5.41. The summed E-state index contributed by atoms with van der Waals surface area (Å²) in [7, 11) is 5.60. The predicted molar refractivity (Wildman–Crippen MR) is 118 cm³/mol. The van der Waals surface area contributed by atoms with Crippen LogP contribution in [0.3, 0.4) is 0 Å². The van der Waals surface area contributed by atoms with Gasteiger partial charge in [-0.2, -0.15) is 13.2 Å². The Labute approximate surface area is 176 Å². The van der Waals surface area contributed by atoms with Crippen LogP contribution in [0, 0.1) is 6.92 Å². The summed E-state index contributed by atoms with van der Waals surface area (Å²) in [6, 6.07) is 13.2. The van der Waals surface area contributed by atoms with Crippen molar-refractivity contribution in [2.75, 3.05) is 30.9 Å². The monoisotopic (exact) mass is 412 g/mol. The predicted octanol–water partition coefficient (Wildman–Crippen LogP) is 6.51. The number of hydrogen-bond acceptors (Lipinski definition) is 2. The van der Waals surface area contributed by atoms with Crippen molar-refractivity contribution in [1.82, 2.24) is 0 Å². The van der Waals surface area contributed by atoms with E-state index in [4.69, 9.17) is 0 Å². The molecule has 30 heavy (non-hydrogen) atoms. The van der Waals surface area contributed by atoms with E-state index in [0.29, 0.717) is 11.3 Å². The highest BCUT2D eigenvalue weighted by Crippen LogP contribution is 2.51. The lowest BCUT2D eigenvalue weighted by Gasteiger charge is -2.39. The van der Waals surface area contributed by atoms with Crippen LogP contribution in [0.25, 0.3) is 5.57 Å². The van der Waals surface area contributed by atoms with Gasteiger partial charge in [0, 0.05) is 50.2 Å². The first-order valence-electron chi connectivity index (χ1n) is 10.3. The Balaban J connectivity index is 2.00. The van der Waals surface area contributed by atoms with Crippen molar-refractivity contribution in [2.24, 2.45) is 0 Å². The summed E-state index contributed by atoms with van der Waals surface area (Å²) in [5.74, 6) is 0. The number of halogens is 3. The standard InChI is InChI=1S/C25H27F3N2/c1-16-7-5-8-17(13-16)14-21-23(25(26,27)28)20-15-19(29(2)3)11-12-22(20)30(4)24(21)18-9-6-10-18/h5,7-8,11-13,15H,6,9-10,14H2,1-4H3. The van der Waals surface area contributed by atoms with Gasteiger partial charge in [0.1, 0.15) is 0 Å². The maximum absolute atomic E-state index is 14.6. The van der Waals surface area contributed by atoms with Crippen molar-refractivity contribution in [3.8, 4) is 0 Å². The molecule has 0 N–H and O–H groups in total. The summed E-state index contributed by atoms with van der Waals surface area (Å²) < 4.78 is 43.7. The largest absolute Gasteiger partial charge is 0.417 e. The van der Waals surface area contributed by atoms with Gasteiger partial charge >= 0.3 is 6.18 Å². The van der Waals surface area contributed by atoms with E-state index in [1.165, 1.54) is 0 Å². The molecule has 0 aromatic heterocycles. The number of anilines is 2. The number of nitrogens with zero attached hydrogens (tertiary/aromatic N) is 2. The summed E-state index contributed by atoms with van der Waals surface area (Å²) in [4.78, 5) is 3.82. The van der Waals surface area contributed by atoms with Crippen LogP contribution in [-0.2, 0) is 6.42 Å². The normalized spacial score (nSPS) is 16.6. The molecule has 1 aliphatic heterocycles. The molecule has 0 atom stereocenters. The molecular formula is C25H27F3N2. The molecule has 1 saturated carbocycles. The van der Waals surface area contributed by atoms with Crippen LogP contribution in [-0.4, -0.2) is 27.3 Å². The van der Waals surface area contributed by atoms with Crippen LogP contribution >= 0.6 is 0 Å². The Morgan fingerprint density at radius 2 is 1.77 bits per heavy atom. The Hall–Kier alpha value is -2.69. The third kappa shape index (κ3) is 3.62. The van der Waals surface area contributed by atoms with E-state index < -0.39 is 11.7 Å². The van der Waals surface area contributed by atoms with Crippen LogP contribution in [0.4, 0.5) is 24.5 Å². The smallest absolute Gasteiger partial charge is 0.378 e. The highest BCUT2D eigenvalue weighted by molar-refractivity contribution is 5.91. The van der Waals surface area contributed by atoms with Crippen molar-refractivity contribution >= 4 is 16.9 Å². The zero-order valence-corrected chi connectivity index (χ0v) is 17.9. The molecule has 1 fully saturated rings. The highest BCUT2D eigenvalue weighted by atomic mass is 19.4. The number of hydrogen-bond donors (Lipinski definition) is 0. The van der Waals surface area contributed by atoms with Gasteiger partial charge < -0.3 is 9.80 Å². The van der Waals surface area contributed by atoms with Crippen LogP contribution < -0.4 is 9.80 Å². The van der Waals surface area contributed by atoms with Gasteiger partial charge in [-0.15, -0.1) is 0 Å². The molecule has 0 bridgehead atoms. The van der Waals surface area contributed by atoms with Gasteiger partial charge in [-0.1, -0.05) is 29.8 Å². The maximum Gasteiger partial charge on any atom is 0.417 e. The van der Waals surface area contributed by atoms with Gasteiger partial charge in [0.25, 0.3) is 0 Å². The number of likely N-dealkylation sites (N-methyl/N-ethyl adjacent to an activating group) is 1. The first kappa shape index (κ1) is 20.6. The molecule has 2 aromatic rings. The molecule has 1 aliphatic carbocycles. The molecule has 4 rings (SSSR count). The maximum atomic E-state index is 14.6. The van der Waals surface area contributed by atoms with Gasteiger partial charge in [0.2, 0.25) is 0 Å². The Morgan fingerprint density at radius 3 is 2.33 bits per heavy atom. The van der Waals surface area contributed by atoms with Crippen LogP contribution in [0.5, 0.6) is 0 Å². The van der Waals surface area contributed by atoms with Crippen molar-refractivity contribution < 1.29 is 13.2 Å². The van der Waals surface area contributed by atoms with Crippen molar-refractivity contribution in [3.63, 3.8) is 0 Å². The molecule has 2 aliphatic rings. The Kier molecular flexibility index (Phi) is 5.16. The average Bonchev–Trinajstić information content (AvgIpc) is 2.61. The number of rotatable bonds is 3. The molecule has 0 spiro atoms. The van der Waals surface area contributed by atoms with Gasteiger partial charge in [-0.3, -0.25) is 0 Å². The average molecular weight is 412 g/mol. The number of fused-ring (bicyclic) bond motifs is 1. The quantitative estimate of drug-likeness (QED) is 0.567. The molecule has 0 amide bonds. The molecule has 2 aromatic carbocycles. The molecule has 0 radical (unpaired) electrons. The van der Waals surface area contributed by atoms with Crippen molar-refractivity contribution in [1.29, 1.82) is 0 Å². The van der Waals surface area contributed by atoms with Gasteiger partial charge in [0.15, 0.2) is 0 Å². The number of allylic oxidation sites excluding steroid dienone is 3. The van der Waals surface area contributed by atoms with Gasteiger partial charge in [-0.25, -0.2) is 0 Å². The molecule has 1 heterocycles. The fraction of sp³-hybridized carbons (Fsp3) is 0.360. The highest BCUT2D eigenvalue weighted by Gasteiger charge is 2.43. The third-order valence-electron chi connectivity index (χ3n) is 6.09. The number of aryl methyl sites for hydroxylation is 1. The lowest BCUT2D eigenvalue weighted by atomic mass is 9.80. The minimum atomic E-state index is -4.43. The minimum Gasteiger partial charge on any atom is -0.378 e. The Morgan fingerprint density at radius 1 is 1.03 bits per heavy atom. The first-order valence-corrected chi connectivity index (χ1v) is 10.3. The van der Waals surface area contributed by atoms with Crippen LogP contribution in [0.2, 0.25) is 0 Å². The van der Waals surface area contributed by atoms with E-state index >= 15 is 0 Å². The lowest BCUT2D eigenvalue weighted by molar-refractivity contribution is -0.0695. The molecular weight excluding hydrogens is 385 g/mol. The van der Waals surface area contributed by atoms with E-state index in [0.717, 1.165) is 47.3 Å². The molecule has 158 valence electrons. The lowest BCUT2D eigenvalue weighted by Crippen LogP contribution is -2.31. The second-order valence-electron chi connectivity index (χ2n) is 8.48. The molecule has 5 heteroatoms. The van der Waals surface area contributed by atoms with E-state index in [-0.39, 0.29) is 12.0 Å². The van der Waals surface area contributed by atoms with Gasteiger partial charge in [0.05, 0.1) is 5.57 Å². The minimum absolute atomic E-state index is 0.266. The first-order chi connectivity index (χ1) is 14.2. The second kappa shape index (κ2) is 7.53. The summed E-state index contributed by atoms with van der Waals surface area (Å²) >= 11 is 0. The third-order valence-corrected chi connectivity index (χ3v) is 6.09. The molecule has 0 unspecified atom stereocenters. The topological polar surface area (TPSA) is 6.48 Å². The number of benzene rings is 2. The van der Waals surface area contributed by atoms with Crippen LogP contribution in [0.15, 0.2) is 59.3 Å². The van der Waals surface area contributed by atoms with E-state index in [1.54, 1.807) is 6.07 Å². The molecule has 0 saturated heterocycles. The fourth-order valence-corrected chi connectivity index (χ4v) is 4.46. The van der Waals surface area contributed by atoms with Crippen molar-refractivity contribution in [2.45, 2.75) is 38.8 Å². The second-order valence-corrected chi connectivity index (χ2v) is 8.48. The summed E-state index contributed by atoms with van der Waals surface area (Å²) in [6.45, 7) is 1.97. The zero-order valence-electron chi connectivity index (χ0n) is 17.9. The SMILES string of the molecule is Cc1cccc(CC2=C(C(F)(F)F)c3cc(N(C)C)ccc3N(C)C2=C2CCC2)c1. The van der Waals surface area contributed by atoms with Crippen LogP contribution in [0.1, 0.15) is 36.0 Å². The van der Waals surface area contributed by atoms with E-state index in [1.807, 2.05) is 74.3 Å². The van der Waals surface area contributed by atoms with Gasteiger partial charge in [-0.05, 0) is 61.1 Å². The van der Waals surface area contributed by atoms with E-state index in [2.05, 4.69) is 0 Å². The fourth-order valence-electron chi connectivity index (χ4n) is 4.46. The Bertz CT molecular complexity index is 1040. The summed E-state index contributed by atoms with van der Waals surface area (Å²) in [5, 5.41) is 0. The summed E-state index contributed by atoms with van der Waals surface area (Å²) in [6.07, 6.45) is -1.39. The van der Waals surface area contributed by atoms with E-state index in [9.17, 15) is 13.2 Å².